The van der Waals surface area contributed by atoms with Crippen molar-refractivity contribution in [3.63, 3.8) is 0 Å². The summed E-state index contributed by atoms with van der Waals surface area (Å²) >= 11 is 1.71. The van der Waals surface area contributed by atoms with Crippen LogP contribution >= 0.6 is 11.3 Å². The van der Waals surface area contributed by atoms with Crippen LogP contribution in [0.5, 0.6) is 0 Å². The molecule has 3 rings (SSSR count). The fraction of sp³-hybridized carbons (Fsp3) is 0.308. The summed E-state index contributed by atoms with van der Waals surface area (Å²) < 4.78 is 13.6. The number of aliphatic hydroxyl groups is 3. The first-order chi connectivity index (χ1) is 14.9. The molecule has 3 aromatic rings. The third kappa shape index (κ3) is 5.89. The molecular weight excluding hydrogens is 411 g/mol. The minimum Gasteiger partial charge on any atom is -0.396 e. The lowest BCUT2D eigenvalue weighted by Crippen LogP contribution is -2.16. The van der Waals surface area contributed by atoms with Crippen LogP contribution in [0.3, 0.4) is 0 Å². The molecule has 0 fully saturated rings. The van der Waals surface area contributed by atoms with Gasteiger partial charge in [0.25, 0.3) is 0 Å². The van der Waals surface area contributed by atoms with E-state index in [2.05, 4.69) is 26.0 Å². The van der Waals surface area contributed by atoms with Crippen molar-refractivity contribution in [1.82, 2.24) is 0 Å². The summed E-state index contributed by atoms with van der Waals surface area (Å²) in [6, 6.07) is 16.6. The molecule has 0 unspecified atom stereocenters. The van der Waals surface area contributed by atoms with Gasteiger partial charge in [-0.25, -0.2) is 4.39 Å². The Labute approximate surface area is 187 Å². The van der Waals surface area contributed by atoms with Crippen molar-refractivity contribution in [3.05, 3.63) is 76.9 Å². The van der Waals surface area contributed by atoms with Crippen molar-refractivity contribution in [2.24, 2.45) is 0 Å². The minimum absolute atomic E-state index is 0.116. The van der Waals surface area contributed by atoms with Crippen LogP contribution in [0.4, 0.5) is 4.39 Å². The highest BCUT2D eigenvalue weighted by molar-refractivity contribution is 7.16. The lowest BCUT2D eigenvalue weighted by Gasteiger charge is -2.12. The highest BCUT2D eigenvalue weighted by Gasteiger charge is 2.21. The van der Waals surface area contributed by atoms with Crippen LogP contribution in [0.2, 0.25) is 0 Å². The highest BCUT2D eigenvalue weighted by Crippen LogP contribution is 2.46. The molecule has 0 bridgehead atoms. The molecule has 1 aromatic heterocycles. The molecule has 3 nitrogen and oxygen atoms in total. The predicted molar refractivity (Wildman–Crippen MR) is 127 cm³/mol. The third-order valence-electron chi connectivity index (χ3n) is 5.13. The first-order valence-corrected chi connectivity index (χ1v) is 11.4. The van der Waals surface area contributed by atoms with E-state index in [4.69, 9.17) is 5.11 Å². The fourth-order valence-corrected chi connectivity index (χ4v) is 4.90. The molecule has 164 valence electrons. The Morgan fingerprint density at radius 2 is 1.65 bits per heavy atom. The van der Waals surface area contributed by atoms with E-state index < -0.39 is 12.2 Å². The molecular formula is C26H29FO3S. The van der Waals surface area contributed by atoms with Crippen molar-refractivity contribution in [1.29, 1.82) is 0 Å². The van der Waals surface area contributed by atoms with Crippen LogP contribution in [-0.2, 0) is 0 Å². The molecule has 0 radical (unpaired) electrons. The van der Waals surface area contributed by atoms with Gasteiger partial charge in [-0.2, -0.15) is 0 Å². The Kier molecular flexibility index (Phi) is 8.15. The van der Waals surface area contributed by atoms with E-state index >= 15 is 0 Å². The zero-order valence-corrected chi connectivity index (χ0v) is 18.6. The second-order valence-electron chi connectivity index (χ2n) is 7.94. The Balaban J connectivity index is 2.11. The van der Waals surface area contributed by atoms with E-state index in [-0.39, 0.29) is 31.2 Å². The first kappa shape index (κ1) is 23.4. The quantitative estimate of drug-likeness (QED) is 0.391. The number of hydrogen-bond acceptors (Lipinski definition) is 4. The largest absolute Gasteiger partial charge is 0.396 e. The van der Waals surface area contributed by atoms with Crippen LogP contribution < -0.4 is 0 Å². The fourth-order valence-electron chi connectivity index (χ4n) is 3.58. The molecule has 2 atom stereocenters. The van der Waals surface area contributed by atoms with Crippen LogP contribution in [0.1, 0.15) is 43.0 Å². The summed E-state index contributed by atoms with van der Waals surface area (Å²) in [6.45, 7) is 4.15. The summed E-state index contributed by atoms with van der Waals surface area (Å²) in [4.78, 5) is 2.28. The lowest BCUT2D eigenvalue weighted by molar-refractivity contribution is 0.0827. The number of benzene rings is 2. The van der Waals surface area contributed by atoms with Gasteiger partial charge in [-0.1, -0.05) is 68.5 Å². The van der Waals surface area contributed by atoms with Crippen molar-refractivity contribution < 1.29 is 19.7 Å². The number of halogens is 1. The number of rotatable bonds is 9. The number of thiophene rings is 1. The number of aliphatic hydroxyl groups excluding tert-OH is 3. The molecule has 0 aliphatic rings. The van der Waals surface area contributed by atoms with Crippen LogP contribution in [0.15, 0.2) is 60.7 Å². The standard InChI is InChI=1S/C26H29FO3S/c1-17(2)25-23(13-12-21(29)16-22(30)14-15-28)24(18-8-10-20(27)11-9-18)26(31-25)19-6-4-3-5-7-19/h3-13,17,21-22,28-30H,14-16H2,1-2H3/b13-12+/t21-,22+/m1/s1. The van der Waals surface area contributed by atoms with Crippen molar-refractivity contribution >= 4 is 17.4 Å². The molecule has 31 heavy (non-hydrogen) atoms. The zero-order valence-electron chi connectivity index (χ0n) is 17.8. The predicted octanol–water partition coefficient (Wildman–Crippen LogP) is 5.85. The second-order valence-corrected chi connectivity index (χ2v) is 8.99. The van der Waals surface area contributed by atoms with Gasteiger partial charge in [-0.3, -0.25) is 0 Å². The maximum absolute atomic E-state index is 13.6. The zero-order chi connectivity index (χ0) is 22.4. The van der Waals surface area contributed by atoms with Gasteiger partial charge >= 0.3 is 0 Å². The Morgan fingerprint density at radius 3 is 2.26 bits per heavy atom. The minimum atomic E-state index is -0.831. The smallest absolute Gasteiger partial charge is 0.123 e. The van der Waals surface area contributed by atoms with Crippen molar-refractivity contribution in [2.45, 2.75) is 44.8 Å². The van der Waals surface area contributed by atoms with E-state index in [9.17, 15) is 14.6 Å². The summed E-state index contributed by atoms with van der Waals surface area (Å²) in [6.07, 6.45) is 2.41. The van der Waals surface area contributed by atoms with Gasteiger partial charge in [0.15, 0.2) is 0 Å². The monoisotopic (exact) mass is 440 g/mol. The molecule has 0 saturated heterocycles. The summed E-state index contributed by atoms with van der Waals surface area (Å²) in [5.74, 6) is -0.0202. The van der Waals surface area contributed by atoms with E-state index in [1.807, 2.05) is 24.3 Å². The van der Waals surface area contributed by atoms with Crippen LogP contribution in [0, 0.1) is 5.82 Å². The average Bonchev–Trinajstić information content (AvgIpc) is 3.13. The summed E-state index contributed by atoms with van der Waals surface area (Å²) in [5.41, 5.74) is 4.02. The molecule has 0 saturated carbocycles. The molecule has 0 amide bonds. The topological polar surface area (TPSA) is 60.7 Å². The van der Waals surface area contributed by atoms with E-state index in [1.54, 1.807) is 29.5 Å². The van der Waals surface area contributed by atoms with Gasteiger partial charge in [-0.05, 0) is 41.2 Å². The van der Waals surface area contributed by atoms with Crippen LogP contribution in [0.25, 0.3) is 27.6 Å². The van der Waals surface area contributed by atoms with Crippen molar-refractivity contribution in [2.75, 3.05) is 6.61 Å². The first-order valence-electron chi connectivity index (χ1n) is 10.5. The molecule has 0 aliphatic carbocycles. The highest BCUT2D eigenvalue weighted by atomic mass is 32.1. The molecule has 0 aliphatic heterocycles. The van der Waals surface area contributed by atoms with E-state index in [1.165, 1.54) is 17.0 Å². The van der Waals surface area contributed by atoms with Gasteiger partial charge < -0.3 is 15.3 Å². The average molecular weight is 441 g/mol. The Hall–Kier alpha value is -2.31. The second kappa shape index (κ2) is 10.8. The molecule has 2 aromatic carbocycles. The van der Waals surface area contributed by atoms with E-state index in [0.29, 0.717) is 0 Å². The lowest BCUT2D eigenvalue weighted by atomic mass is 9.94. The van der Waals surface area contributed by atoms with Gasteiger partial charge in [0.2, 0.25) is 0 Å². The number of hydrogen-bond donors (Lipinski definition) is 3. The molecule has 0 spiro atoms. The van der Waals surface area contributed by atoms with Crippen molar-refractivity contribution in [3.8, 4) is 21.6 Å². The maximum Gasteiger partial charge on any atom is 0.123 e. The Morgan fingerprint density at radius 1 is 0.968 bits per heavy atom. The summed E-state index contributed by atoms with van der Waals surface area (Å²) in [5, 5.41) is 29.2. The summed E-state index contributed by atoms with van der Waals surface area (Å²) in [7, 11) is 0. The molecule has 5 heteroatoms. The third-order valence-corrected chi connectivity index (χ3v) is 6.68. The van der Waals surface area contributed by atoms with Gasteiger partial charge in [0, 0.05) is 28.3 Å². The maximum atomic E-state index is 13.6. The van der Waals surface area contributed by atoms with Gasteiger partial charge in [-0.15, -0.1) is 11.3 Å². The van der Waals surface area contributed by atoms with Gasteiger partial charge in [0.05, 0.1) is 12.2 Å². The van der Waals surface area contributed by atoms with Gasteiger partial charge in [0.1, 0.15) is 5.82 Å². The van der Waals surface area contributed by atoms with Crippen LogP contribution in [-0.4, -0.2) is 34.1 Å². The molecule has 3 N–H and O–H groups in total. The van der Waals surface area contributed by atoms with E-state index in [0.717, 1.165) is 27.1 Å². The Bertz CT molecular complexity index is 993. The normalized spacial score (nSPS) is 13.8. The SMILES string of the molecule is CC(C)c1sc(-c2ccccc2)c(-c2ccc(F)cc2)c1/C=C/[C@@H](O)C[C@@H](O)CCO. The molecule has 1 heterocycles.